The summed E-state index contributed by atoms with van der Waals surface area (Å²) in [6, 6.07) is 1.86. The highest BCUT2D eigenvalue weighted by Gasteiger charge is 2.34. The number of phenolic OH excluding ortho intramolecular Hbond substituents is 1. The topological polar surface area (TPSA) is 91.3 Å². The van der Waals surface area contributed by atoms with Crippen molar-refractivity contribution in [1.82, 2.24) is 0 Å². The summed E-state index contributed by atoms with van der Waals surface area (Å²) in [5, 5.41) is 10.9. The number of benzene rings is 1. The lowest BCUT2D eigenvalue weighted by atomic mass is 9.81. The highest BCUT2D eigenvalue weighted by Crippen LogP contribution is 2.46. The summed E-state index contributed by atoms with van der Waals surface area (Å²) in [7, 11) is 1.52. The Hall–Kier alpha value is -2.54. The molecule has 0 radical (unpaired) electrons. The van der Waals surface area contributed by atoms with E-state index < -0.39 is 30.3 Å². The molecule has 0 saturated carbocycles. The van der Waals surface area contributed by atoms with Gasteiger partial charge < -0.3 is 24.1 Å². The second kappa shape index (κ2) is 8.86. The predicted octanol–water partition coefficient (Wildman–Crippen LogP) is 3.50. The van der Waals surface area contributed by atoms with Gasteiger partial charge in [0.2, 0.25) is 0 Å². The molecule has 0 spiro atoms. The van der Waals surface area contributed by atoms with Crippen LogP contribution in [0, 0.1) is 6.92 Å². The molecule has 0 fully saturated rings. The van der Waals surface area contributed by atoms with E-state index in [9.17, 15) is 14.7 Å². The van der Waals surface area contributed by atoms with Gasteiger partial charge in [0.25, 0.3) is 0 Å². The molecule has 0 unspecified atom stereocenters. The standard InChI is InChI=1S/C22H30O7/c1-12-10-15(20(25)21(26-7)19(12)22(4,5)6)16-8-9-17(28-14(3)24)18(29-16)11-27-13(2)23/h8-10,16-18,25H,11H2,1-7H3/t16-,17-,18+/m0/s1. The molecule has 1 aliphatic rings. The first-order chi connectivity index (χ1) is 13.5. The van der Waals surface area contributed by atoms with Crippen LogP contribution < -0.4 is 4.74 Å². The largest absolute Gasteiger partial charge is 0.504 e. The number of carbonyl (C=O) groups excluding carboxylic acids is 2. The SMILES string of the molecule is COc1c(O)c([C@@H]2C=C[C@H](OC(C)=O)[C@@H](COC(C)=O)O2)cc(C)c1C(C)(C)C. The van der Waals surface area contributed by atoms with Gasteiger partial charge in [-0.05, 0) is 30.0 Å². The van der Waals surface area contributed by atoms with E-state index in [0.717, 1.165) is 11.1 Å². The third-order valence-corrected chi connectivity index (χ3v) is 4.66. The van der Waals surface area contributed by atoms with Gasteiger partial charge in [0, 0.05) is 25.0 Å². The van der Waals surface area contributed by atoms with Crippen LogP contribution in [0.1, 0.15) is 57.4 Å². The number of rotatable bonds is 5. The number of methoxy groups -OCH3 is 1. The van der Waals surface area contributed by atoms with Crippen molar-refractivity contribution in [1.29, 1.82) is 0 Å². The Morgan fingerprint density at radius 2 is 1.83 bits per heavy atom. The van der Waals surface area contributed by atoms with Gasteiger partial charge in [-0.15, -0.1) is 0 Å². The van der Waals surface area contributed by atoms with Crippen LogP contribution >= 0.6 is 0 Å². The molecule has 160 valence electrons. The highest BCUT2D eigenvalue weighted by atomic mass is 16.6. The van der Waals surface area contributed by atoms with Crippen LogP contribution in [0.5, 0.6) is 11.5 Å². The Morgan fingerprint density at radius 3 is 2.34 bits per heavy atom. The van der Waals surface area contributed by atoms with Crippen LogP contribution in [0.2, 0.25) is 0 Å². The molecule has 0 aliphatic carbocycles. The summed E-state index contributed by atoms with van der Waals surface area (Å²) >= 11 is 0. The number of phenols is 1. The number of carbonyl (C=O) groups is 2. The van der Waals surface area contributed by atoms with Gasteiger partial charge in [-0.2, -0.15) is 0 Å². The summed E-state index contributed by atoms with van der Waals surface area (Å²) in [6.07, 6.45) is 1.38. The number of hydrogen-bond acceptors (Lipinski definition) is 7. The molecule has 0 saturated heterocycles. The van der Waals surface area contributed by atoms with Crippen molar-refractivity contribution in [3.63, 3.8) is 0 Å². The molecule has 7 nitrogen and oxygen atoms in total. The molecule has 1 aromatic carbocycles. The zero-order chi connectivity index (χ0) is 21.9. The van der Waals surface area contributed by atoms with E-state index in [0.29, 0.717) is 11.3 Å². The molecule has 1 aliphatic heterocycles. The molecular weight excluding hydrogens is 376 g/mol. The summed E-state index contributed by atoms with van der Waals surface area (Å²) in [6.45, 7) is 10.6. The molecule has 29 heavy (non-hydrogen) atoms. The Kier molecular flexibility index (Phi) is 6.95. The molecule has 2 rings (SSSR count). The number of aryl methyl sites for hydroxylation is 1. The van der Waals surface area contributed by atoms with Crippen molar-refractivity contribution in [2.45, 2.75) is 65.3 Å². The fraction of sp³-hybridized carbons (Fsp3) is 0.545. The van der Waals surface area contributed by atoms with Crippen molar-refractivity contribution in [3.05, 3.63) is 34.9 Å². The summed E-state index contributed by atoms with van der Waals surface area (Å²) in [5.41, 5.74) is 2.17. The average Bonchev–Trinajstić information content (AvgIpc) is 2.60. The van der Waals surface area contributed by atoms with Crippen molar-refractivity contribution < 1.29 is 33.6 Å². The smallest absolute Gasteiger partial charge is 0.303 e. The van der Waals surface area contributed by atoms with E-state index in [2.05, 4.69) is 0 Å². The van der Waals surface area contributed by atoms with E-state index in [1.54, 1.807) is 12.2 Å². The minimum absolute atomic E-state index is 0.00477. The maximum atomic E-state index is 11.4. The summed E-state index contributed by atoms with van der Waals surface area (Å²) < 4.78 is 21.9. The molecule has 1 heterocycles. The first kappa shape index (κ1) is 22.7. The van der Waals surface area contributed by atoms with Gasteiger partial charge in [-0.1, -0.05) is 26.8 Å². The van der Waals surface area contributed by atoms with E-state index >= 15 is 0 Å². The molecule has 0 amide bonds. The van der Waals surface area contributed by atoms with Crippen LogP contribution in [0.25, 0.3) is 0 Å². The quantitative estimate of drug-likeness (QED) is 0.591. The molecule has 0 aromatic heterocycles. The van der Waals surface area contributed by atoms with Crippen molar-refractivity contribution in [2.75, 3.05) is 13.7 Å². The van der Waals surface area contributed by atoms with E-state index in [1.807, 2.05) is 33.8 Å². The second-order valence-electron chi connectivity index (χ2n) is 8.15. The normalized spacial score (nSPS) is 21.6. The lowest BCUT2D eigenvalue weighted by molar-refractivity contribution is -0.163. The van der Waals surface area contributed by atoms with Gasteiger partial charge in [-0.3, -0.25) is 9.59 Å². The Morgan fingerprint density at radius 1 is 1.17 bits per heavy atom. The third kappa shape index (κ3) is 5.29. The van der Waals surface area contributed by atoms with Crippen molar-refractivity contribution in [3.8, 4) is 11.5 Å². The average molecular weight is 406 g/mol. The molecule has 3 atom stereocenters. The van der Waals surface area contributed by atoms with Gasteiger partial charge in [0.1, 0.15) is 24.9 Å². The molecule has 0 bridgehead atoms. The fourth-order valence-corrected chi connectivity index (χ4v) is 3.61. The Labute approximate surface area is 171 Å². The van der Waals surface area contributed by atoms with Crippen LogP contribution in [0.4, 0.5) is 0 Å². The number of aromatic hydroxyl groups is 1. The Bertz CT molecular complexity index is 804. The number of hydrogen-bond donors (Lipinski definition) is 1. The Balaban J connectivity index is 2.44. The second-order valence-corrected chi connectivity index (χ2v) is 8.15. The van der Waals surface area contributed by atoms with E-state index in [4.69, 9.17) is 18.9 Å². The third-order valence-electron chi connectivity index (χ3n) is 4.66. The predicted molar refractivity (Wildman–Crippen MR) is 107 cm³/mol. The molecule has 1 N–H and O–H groups in total. The zero-order valence-corrected chi connectivity index (χ0v) is 18.1. The first-order valence-corrected chi connectivity index (χ1v) is 9.51. The maximum Gasteiger partial charge on any atom is 0.303 e. The van der Waals surface area contributed by atoms with Gasteiger partial charge >= 0.3 is 11.9 Å². The van der Waals surface area contributed by atoms with Crippen LogP contribution in [-0.2, 0) is 29.2 Å². The van der Waals surface area contributed by atoms with Crippen LogP contribution in [-0.4, -0.2) is 43.0 Å². The summed E-state index contributed by atoms with van der Waals surface area (Å²) in [5.74, 6) is -0.529. The monoisotopic (exact) mass is 406 g/mol. The lowest BCUT2D eigenvalue weighted by Crippen LogP contribution is -2.39. The van der Waals surface area contributed by atoms with Gasteiger partial charge in [0.05, 0.1) is 7.11 Å². The molecule has 1 aromatic rings. The number of ether oxygens (including phenoxy) is 4. The first-order valence-electron chi connectivity index (χ1n) is 9.51. The van der Waals surface area contributed by atoms with Gasteiger partial charge in [0.15, 0.2) is 11.5 Å². The molecule has 7 heteroatoms. The van der Waals surface area contributed by atoms with Crippen molar-refractivity contribution >= 4 is 11.9 Å². The zero-order valence-electron chi connectivity index (χ0n) is 18.1. The maximum absolute atomic E-state index is 11.4. The molecular formula is C22H30O7. The van der Waals surface area contributed by atoms with Crippen LogP contribution in [0.3, 0.4) is 0 Å². The number of esters is 2. The fourth-order valence-electron chi connectivity index (χ4n) is 3.61. The summed E-state index contributed by atoms with van der Waals surface area (Å²) in [4.78, 5) is 22.6. The minimum atomic E-state index is -0.703. The van der Waals surface area contributed by atoms with Crippen molar-refractivity contribution in [2.24, 2.45) is 0 Å². The van der Waals surface area contributed by atoms with Gasteiger partial charge in [-0.25, -0.2) is 0 Å². The van der Waals surface area contributed by atoms with E-state index in [-0.39, 0.29) is 17.8 Å². The highest BCUT2D eigenvalue weighted by molar-refractivity contribution is 5.67. The van der Waals surface area contributed by atoms with E-state index in [1.165, 1.54) is 21.0 Å². The lowest BCUT2D eigenvalue weighted by Gasteiger charge is -2.33. The van der Waals surface area contributed by atoms with Crippen LogP contribution in [0.15, 0.2) is 18.2 Å². The minimum Gasteiger partial charge on any atom is -0.504 e.